The standard InChI is InChI=1S/C17H13F2N3O3S/c18-13-9-20-22(11-13)14-5-3-4-12(8-14)16(23)10-21-26(24,25)17-7-2-1-6-15(17)19/h1-9,11,21H,10H2. The Morgan fingerprint density at radius 2 is 1.88 bits per heavy atom. The second-order valence-corrected chi connectivity index (χ2v) is 7.07. The van der Waals surface area contributed by atoms with Gasteiger partial charge in [0.05, 0.1) is 24.6 Å². The second kappa shape index (κ2) is 7.14. The number of hydrogen-bond donors (Lipinski definition) is 1. The Morgan fingerprint density at radius 3 is 2.58 bits per heavy atom. The van der Waals surface area contributed by atoms with Crippen molar-refractivity contribution >= 4 is 15.8 Å². The van der Waals surface area contributed by atoms with Crippen LogP contribution in [-0.4, -0.2) is 30.5 Å². The number of hydrogen-bond acceptors (Lipinski definition) is 4. The number of carbonyl (C=O) groups is 1. The van der Waals surface area contributed by atoms with Crippen molar-refractivity contribution in [1.29, 1.82) is 0 Å². The molecule has 0 spiro atoms. The third-order valence-corrected chi connectivity index (χ3v) is 4.97. The largest absolute Gasteiger partial charge is 0.293 e. The minimum Gasteiger partial charge on any atom is -0.293 e. The molecule has 0 aliphatic rings. The van der Waals surface area contributed by atoms with Gasteiger partial charge in [0.15, 0.2) is 11.6 Å². The molecular weight excluding hydrogens is 364 g/mol. The predicted octanol–water partition coefficient (Wildman–Crippen LogP) is 2.31. The summed E-state index contributed by atoms with van der Waals surface area (Å²) in [5.74, 6) is -1.96. The molecule has 0 bridgehead atoms. The Bertz CT molecular complexity index is 1060. The van der Waals surface area contributed by atoms with E-state index in [1.54, 1.807) is 12.1 Å². The number of aromatic nitrogens is 2. The van der Waals surface area contributed by atoms with Crippen LogP contribution in [0, 0.1) is 11.6 Å². The summed E-state index contributed by atoms with van der Waals surface area (Å²) in [4.78, 5) is 11.7. The summed E-state index contributed by atoms with van der Waals surface area (Å²) in [6.45, 7) is -0.548. The fourth-order valence-electron chi connectivity index (χ4n) is 2.27. The van der Waals surface area contributed by atoms with Crippen molar-refractivity contribution in [3.63, 3.8) is 0 Å². The van der Waals surface area contributed by atoms with E-state index in [4.69, 9.17) is 0 Å². The van der Waals surface area contributed by atoms with Crippen LogP contribution in [0.25, 0.3) is 5.69 Å². The molecule has 0 atom stereocenters. The van der Waals surface area contributed by atoms with Crippen LogP contribution in [0.15, 0.2) is 65.8 Å². The van der Waals surface area contributed by atoms with Gasteiger partial charge in [0, 0.05) is 5.56 Å². The minimum absolute atomic E-state index is 0.203. The summed E-state index contributed by atoms with van der Waals surface area (Å²) in [6, 6.07) is 11.0. The lowest BCUT2D eigenvalue weighted by Gasteiger charge is -2.08. The smallest absolute Gasteiger partial charge is 0.243 e. The predicted molar refractivity (Wildman–Crippen MR) is 89.4 cm³/mol. The van der Waals surface area contributed by atoms with E-state index in [2.05, 4.69) is 9.82 Å². The Labute approximate surface area is 148 Å². The molecule has 0 amide bonds. The third-order valence-electron chi connectivity index (χ3n) is 3.53. The number of carbonyl (C=O) groups excluding carboxylic acids is 1. The highest BCUT2D eigenvalue weighted by Crippen LogP contribution is 2.14. The first kappa shape index (κ1) is 17.9. The summed E-state index contributed by atoms with van der Waals surface area (Å²) in [7, 11) is -4.17. The van der Waals surface area contributed by atoms with Crippen molar-refractivity contribution in [1.82, 2.24) is 14.5 Å². The van der Waals surface area contributed by atoms with Crippen molar-refractivity contribution in [3.05, 3.63) is 78.1 Å². The normalized spacial score (nSPS) is 11.5. The molecular formula is C17H13F2N3O3S. The molecule has 1 aromatic heterocycles. The lowest BCUT2D eigenvalue weighted by Crippen LogP contribution is -2.30. The fourth-order valence-corrected chi connectivity index (χ4v) is 3.33. The van der Waals surface area contributed by atoms with Crippen LogP contribution < -0.4 is 4.72 Å². The maximum absolute atomic E-state index is 13.6. The number of nitrogens with one attached hydrogen (secondary N) is 1. The number of halogens is 2. The number of nitrogens with zero attached hydrogens (tertiary/aromatic N) is 2. The van der Waals surface area contributed by atoms with E-state index in [-0.39, 0.29) is 5.56 Å². The Kier molecular flexibility index (Phi) is 4.92. The molecule has 0 aliphatic heterocycles. The first-order chi connectivity index (χ1) is 12.4. The van der Waals surface area contributed by atoms with Gasteiger partial charge in [-0.1, -0.05) is 24.3 Å². The van der Waals surface area contributed by atoms with Gasteiger partial charge in [0.25, 0.3) is 0 Å². The number of benzene rings is 2. The van der Waals surface area contributed by atoms with Crippen molar-refractivity contribution in [2.45, 2.75) is 4.90 Å². The van der Waals surface area contributed by atoms with E-state index >= 15 is 0 Å². The molecule has 2 aromatic carbocycles. The molecule has 1 heterocycles. The van der Waals surface area contributed by atoms with Gasteiger partial charge < -0.3 is 0 Å². The lowest BCUT2D eigenvalue weighted by molar-refractivity contribution is 0.0997. The average Bonchev–Trinajstić information content (AvgIpc) is 3.06. The van der Waals surface area contributed by atoms with Crippen molar-refractivity contribution < 1.29 is 22.0 Å². The molecule has 1 N–H and O–H groups in total. The zero-order valence-electron chi connectivity index (χ0n) is 13.3. The van der Waals surface area contributed by atoms with Gasteiger partial charge in [-0.2, -0.15) is 5.10 Å². The van der Waals surface area contributed by atoms with Gasteiger partial charge >= 0.3 is 0 Å². The summed E-state index contributed by atoms with van der Waals surface area (Å²) in [6.07, 6.45) is 2.17. The molecule has 6 nitrogen and oxygen atoms in total. The second-order valence-electron chi connectivity index (χ2n) is 5.33. The number of ketones is 1. The highest BCUT2D eigenvalue weighted by molar-refractivity contribution is 7.89. The van der Waals surface area contributed by atoms with Gasteiger partial charge in [-0.25, -0.2) is 26.6 Å². The number of rotatable bonds is 6. The van der Waals surface area contributed by atoms with Crippen LogP contribution in [-0.2, 0) is 10.0 Å². The number of Topliss-reactive ketones (excluding diaryl/α,β-unsaturated/α-hetero) is 1. The van der Waals surface area contributed by atoms with E-state index < -0.39 is 38.9 Å². The fraction of sp³-hybridized carbons (Fsp3) is 0.0588. The first-order valence-electron chi connectivity index (χ1n) is 7.45. The van der Waals surface area contributed by atoms with Crippen LogP contribution in [0.4, 0.5) is 8.78 Å². The molecule has 0 unspecified atom stereocenters. The molecule has 26 heavy (non-hydrogen) atoms. The maximum Gasteiger partial charge on any atom is 0.243 e. The Balaban J connectivity index is 1.76. The molecule has 0 aliphatic carbocycles. The molecule has 9 heteroatoms. The average molecular weight is 377 g/mol. The van der Waals surface area contributed by atoms with Gasteiger partial charge in [0.2, 0.25) is 10.0 Å². The maximum atomic E-state index is 13.6. The molecule has 134 valence electrons. The summed E-state index contributed by atoms with van der Waals surface area (Å²) in [5.41, 5.74) is 0.645. The van der Waals surface area contributed by atoms with Gasteiger partial charge in [-0.15, -0.1) is 0 Å². The van der Waals surface area contributed by atoms with Crippen LogP contribution in [0.2, 0.25) is 0 Å². The molecule has 0 saturated carbocycles. The monoisotopic (exact) mass is 377 g/mol. The highest BCUT2D eigenvalue weighted by atomic mass is 32.2. The van der Waals surface area contributed by atoms with Crippen LogP contribution in [0.5, 0.6) is 0 Å². The summed E-state index contributed by atoms with van der Waals surface area (Å²) < 4.78 is 54.3. The zero-order valence-corrected chi connectivity index (χ0v) is 14.1. The van der Waals surface area contributed by atoms with Gasteiger partial charge in [0.1, 0.15) is 10.7 Å². The highest BCUT2D eigenvalue weighted by Gasteiger charge is 2.20. The van der Waals surface area contributed by atoms with Gasteiger partial charge in [-0.05, 0) is 24.3 Å². The topological polar surface area (TPSA) is 81.1 Å². The van der Waals surface area contributed by atoms with E-state index in [9.17, 15) is 22.0 Å². The molecule has 0 radical (unpaired) electrons. The van der Waals surface area contributed by atoms with Crippen molar-refractivity contribution in [3.8, 4) is 5.69 Å². The minimum atomic E-state index is -4.17. The Hall–Kier alpha value is -2.91. The summed E-state index contributed by atoms with van der Waals surface area (Å²) >= 11 is 0. The van der Waals surface area contributed by atoms with E-state index in [0.717, 1.165) is 24.5 Å². The van der Waals surface area contributed by atoms with Crippen molar-refractivity contribution in [2.24, 2.45) is 0 Å². The van der Waals surface area contributed by atoms with Crippen LogP contribution in [0.1, 0.15) is 10.4 Å². The molecule has 0 fully saturated rings. The van der Waals surface area contributed by atoms with Gasteiger partial charge in [-0.3, -0.25) is 4.79 Å². The van der Waals surface area contributed by atoms with Crippen LogP contribution in [0.3, 0.4) is 0 Å². The van der Waals surface area contributed by atoms with E-state index in [0.29, 0.717) is 5.69 Å². The summed E-state index contributed by atoms with van der Waals surface area (Å²) in [5, 5.41) is 3.80. The van der Waals surface area contributed by atoms with Crippen LogP contribution >= 0.6 is 0 Å². The Morgan fingerprint density at radius 1 is 1.12 bits per heavy atom. The van der Waals surface area contributed by atoms with E-state index in [1.165, 1.54) is 28.9 Å². The SMILES string of the molecule is O=C(CNS(=O)(=O)c1ccccc1F)c1cccc(-n2cc(F)cn2)c1. The lowest BCUT2D eigenvalue weighted by atomic mass is 10.1. The van der Waals surface area contributed by atoms with Crippen molar-refractivity contribution in [2.75, 3.05) is 6.54 Å². The first-order valence-corrected chi connectivity index (χ1v) is 8.93. The molecule has 3 aromatic rings. The molecule has 0 saturated heterocycles. The zero-order chi connectivity index (χ0) is 18.7. The third kappa shape index (κ3) is 3.84. The van der Waals surface area contributed by atoms with E-state index in [1.807, 2.05) is 0 Å². The quantitative estimate of drug-likeness (QED) is 0.669. The number of sulfonamides is 1. The molecule has 3 rings (SSSR count).